The Hall–Kier alpha value is -0.0800. The molecule has 0 spiro atoms. The molecule has 0 bridgehead atoms. The van der Waals surface area contributed by atoms with Crippen molar-refractivity contribution >= 4 is 0 Å². The maximum absolute atomic E-state index is 5.22. The second-order valence-electron chi connectivity index (χ2n) is 1.60. The van der Waals surface area contributed by atoms with Crippen LogP contribution in [0, 0.1) is 6.42 Å². The Morgan fingerprint density at radius 2 is 2.14 bits per heavy atom. The Kier molecular flexibility index (Phi) is 4.04. The highest BCUT2D eigenvalue weighted by molar-refractivity contribution is 4.65. The van der Waals surface area contributed by atoms with Gasteiger partial charge < -0.3 is 11.5 Å². The standard InChI is InChI=1S/C5H13N2/c1-2-3-4-5(6)7/h3,5H,2,4,6-7H2,1H3. The first-order chi connectivity index (χ1) is 3.27. The molecule has 2 heteroatoms. The van der Waals surface area contributed by atoms with Crippen LogP contribution in [-0.2, 0) is 0 Å². The second-order valence-corrected chi connectivity index (χ2v) is 1.60. The van der Waals surface area contributed by atoms with Crippen LogP contribution in [0.3, 0.4) is 0 Å². The first-order valence-electron chi connectivity index (χ1n) is 2.60. The van der Waals surface area contributed by atoms with Crippen LogP contribution < -0.4 is 11.5 Å². The molecule has 0 atom stereocenters. The van der Waals surface area contributed by atoms with E-state index in [1.54, 1.807) is 0 Å². The molecule has 0 aromatic carbocycles. The molecule has 43 valence electrons. The number of unbranched alkanes of at least 4 members (excludes halogenated alkanes) is 1. The van der Waals surface area contributed by atoms with Crippen molar-refractivity contribution in [2.45, 2.75) is 25.9 Å². The summed E-state index contributed by atoms with van der Waals surface area (Å²) in [5.74, 6) is 0. The minimum Gasteiger partial charge on any atom is -0.316 e. The number of rotatable bonds is 3. The molecule has 4 N–H and O–H groups in total. The molecule has 0 saturated heterocycles. The summed E-state index contributed by atoms with van der Waals surface area (Å²) in [4.78, 5) is 0. The first kappa shape index (κ1) is 6.92. The van der Waals surface area contributed by atoms with E-state index >= 15 is 0 Å². The van der Waals surface area contributed by atoms with Crippen molar-refractivity contribution in [2.75, 3.05) is 0 Å². The van der Waals surface area contributed by atoms with Crippen LogP contribution >= 0.6 is 0 Å². The van der Waals surface area contributed by atoms with Crippen LogP contribution in [0.25, 0.3) is 0 Å². The summed E-state index contributed by atoms with van der Waals surface area (Å²) in [6, 6.07) is 0. The molecule has 0 amide bonds. The highest BCUT2D eigenvalue weighted by atomic mass is 14.8. The predicted octanol–water partition coefficient (Wildman–Crippen LogP) is 0.234. The van der Waals surface area contributed by atoms with Crippen LogP contribution in [-0.4, -0.2) is 6.17 Å². The molecule has 1 radical (unpaired) electrons. The molecule has 0 fully saturated rings. The average Bonchev–Trinajstić information content (AvgIpc) is 1.61. The number of hydrogen-bond acceptors (Lipinski definition) is 2. The molecule has 0 saturated carbocycles. The molecule has 2 nitrogen and oxygen atoms in total. The van der Waals surface area contributed by atoms with E-state index in [0.717, 1.165) is 12.8 Å². The van der Waals surface area contributed by atoms with Crippen LogP contribution in [0.4, 0.5) is 0 Å². The van der Waals surface area contributed by atoms with Crippen molar-refractivity contribution in [1.29, 1.82) is 0 Å². The monoisotopic (exact) mass is 101 g/mol. The summed E-state index contributed by atoms with van der Waals surface area (Å²) in [7, 11) is 0. The SMILES string of the molecule is CC[CH]CC(N)N. The van der Waals surface area contributed by atoms with Gasteiger partial charge >= 0.3 is 0 Å². The van der Waals surface area contributed by atoms with Gasteiger partial charge in [-0.25, -0.2) is 0 Å². The molecule has 0 aliphatic carbocycles. The Labute approximate surface area is 44.9 Å². The van der Waals surface area contributed by atoms with E-state index in [-0.39, 0.29) is 6.17 Å². The summed E-state index contributed by atoms with van der Waals surface area (Å²) >= 11 is 0. The molecule has 7 heavy (non-hydrogen) atoms. The van der Waals surface area contributed by atoms with Gasteiger partial charge in [0, 0.05) is 0 Å². The maximum atomic E-state index is 5.22. The van der Waals surface area contributed by atoms with Crippen LogP contribution in [0.5, 0.6) is 0 Å². The van der Waals surface area contributed by atoms with Crippen molar-refractivity contribution in [2.24, 2.45) is 11.5 Å². The largest absolute Gasteiger partial charge is 0.316 e. The zero-order valence-corrected chi connectivity index (χ0v) is 4.72. The van der Waals surface area contributed by atoms with E-state index in [1.165, 1.54) is 0 Å². The van der Waals surface area contributed by atoms with E-state index in [0.29, 0.717) is 0 Å². The molecule has 0 aliphatic heterocycles. The number of hydrogen-bond donors (Lipinski definition) is 2. The third-order valence-corrected chi connectivity index (χ3v) is 0.728. The van der Waals surface area contributed by atoms with Gasteiger partial charge in [-0.05, 0) is 12.8 Å². The maximum Gasteiger partial charge on any atom is 0.0523 e. The van der Waals surface area contributed by atoms with Crippen LogP contribution in [0.2, 0.25) is 0 Å². The third-order valence-electron chi connectivity index (χ3n) is 0.728. The van der Waals surface area contributed by atoms with E-state index in [4.69, 9.17) is 11.5 Å². The highest BCUT2D eigenvalue weighted by Crippen LogP contribution is 1.90. The molecule has 0 aliphatic rings. The average molecular weight is 101 g/mol. The van der Waals surface area contributed by atoms with Crippen LogP contribution in [0.1, 0.15) is 19.8 Å². The third kappa shape index (κ3) is 5.92. The molecule has 0 aromatic rings. The van der Waals surface area contributed by atoms with Gasteiger partial charge in [0.2, 0.25) is 0 Å². The molecule has 0 rings (SSSR count). The Bertz CT molecular complexity index is 35.1. The lowest BCUT2D eigenvalue weighted by Gasteiger charge is -1.99. The predicted molar refractivity (Wildman–Crippen MR) is 31.4 cm³/mol. The smallest absolute Gasteiger partial charge is 0.0523 e. The van der Waals surface area contributed by atoms with Crippen molar-refractivity contribution < 1.29 is 0 Å². The Balaban J connectivity index is 2.68. The van der Waals surface area contributed by atoms with E-state index in [2.05, 4.69) is 13.3 Å². The summed E-state index contributed by atoms with van der Waals surface area (Å²) < 4.78 is 0. The van der Waals surface area contributed by atoms with Gasteiger partial charge in [0.05, 0.1) is 6.17 Å². The Morgan fingerprint density at radius 3 is 2.29 bits per heavy atom. The lowest BCUT2D eigenvalue weighted by atomic mass is 10.2. The van der Waals surface area contributed by atoms with E-state index in [1.807, 2.05) is 0 Å². The summed E-state index contributed by atoms with van der Waals surface area (Å²) in [6.45, 7) is 2.07. The fourth-order valence-corrected chi connectivity index (χ4v) is 0.359. The topological polar surface area (TPSA) is 52.0 Å². The summed E-state index contributed by atoms with van der Waals surface area (Å²) in [5, 5.41) is 0. The van der Waals surface area contributed by atoms with Gasteiger partial charge in [0.1, 0.15) is 0 Å². The molecular weight excluding hydrogens is 88.1 g/mol. The lowest BCUT2D eigenvalue weighted by molar-refractivity contribution is 0.679. The second kappa shape index (κ2) is 4.09. The molecular formula is C5H13N2. The van der Waals surface area contributed by atoms with Gasteiger partial charge in [-0.3, -0.25) is 0 Å². The van der Waals surface area contributed by atoms with Crippen molar-refractivity contribution in [3.63, 3.8) is 0 Å². The van der Waals surface area contributed by atoms with E-state index in [9.17, 15) is 0 Å². The van der Waals surface area contributed by atoms with Gasteiger partial charge in [0.25, 0.3) is 0 Å². The van der Waals surface area contributed by atoms with Crippen molar-refractivity contribution in [3.05, 3.63) is 6.42 Å². The van der Waals surface area contributed by atoms with Gasteiger partial charge in [-0.2, -0.15) is 0 Å². The summed E-state index contributed by atoms with van der Waals surface area (Å²) in [5.41, 5.74) is 10.4. The van der Waals surface area contributed by atoms with Gasteiger partial charge in [0.15, 0.2) is 0 Å². The van der Waals surface area contributed by atoms with Crippen molar-refractivity contribution in [1.82, 2.24) is 0 Å². The normalized spacial score (nSPS) is 10.3. The number of nitrogens with two attached hydrogens (primary N) is 2. The van der Waals surface area contributed by atoms with Crippen LogP contribution in [0.15, 0.2) is 0 Å². The first-order valence-corrected chi connectivity index (χ1v) is 2.60. The van der Waals surface area contributed by atoms with Gasteiger partial charge in [-0.15, -0.1) is 0 Å². The van der Waals surface area contributed by atoms with E-state index < -0.39 is 0 Å². The molecule has 0 aromatic heterocycles. The fourth-order valence-electron chi connectivity index (χ4n) is 0.359. The zero-order valence-electron chi connectivity index (χ0n) is 4.72. The van der Waals surface area contributed by atoms with Gasteiger partial charge in [-0.1, -0.05) is 13.3 Å². The minimum atomic E-state index is -0.153. The van der Waals surface area contributed by atoms with Crippen molar-refractivity contribution in [3.8, 4) is 0 Å². The fraction of sp³-hybridized carbons (Fsp3) is 0.800. The quantitative estimate of drug-likeness (QED) is 0.500. The zero-order chi connectivity index (χ0) is 5.70. The summed E-state index contributed by atoms with van der Waals surface area (Å²) in [6.07, 6.45) is 3.81. The lowest BCUT2D eigenvalue weighted by Crippen LogP contribution is -2.29. The highest BCUT2D eigenvalue weighted by Gasteiger charge is 1.89. The molecule has 0 heterocycles. The Morgan fingerprint density at radius 1 is 1.57 bits per heavy atom. The molecule has 0 unspecified atom stereocenters. The minimum absolute atomic E-state index is 0.153.